The minimum Gasteiger partial charge on any atom is -0.309 e. The number of hydrogen-bond acceptors (Lipinski definition) is 2. The van der Waals surface area contributed by atoms with Crippen LogP contribution in [-0.4, -0.2) is 18.1 Å². The van der Waals surface area contributed by atoms with Crippen molar-refractivity contribution in [2.75, 3.05) is 12.0 Å². The Kier molecular flexibility index (Phi) is 6.59. The van der Waals surface area contributed by atoms with E-state index in [0.29, 0.717) is 11.1 Å². The van der Waals surface area contributed by atoms with Gasteiger partial charge in [0.2, 0.25) is 0 Å². The van der Waals surface area contributed by atoms with Crippen LogP contribution in [0, 0.1) is 0 Å². The van der Waals surface area contributed by atoms with Crippen LogP contribution in [0.2, 0.25) is 10.0 Å². The first-order chi connectivity index (χ1) is 7.67. The Hall–Kier alpha value is 0.110. The predicted octanol–water partition coefficient (Wildman–Crippen LogP) is 4.22. The molecule has 1 nitrogen and oxygen atoms in total. The van der Waals surface area contributed by atoms with Gasteiger partial charge in [-0.2, -0.15) is 11.8 Å². The molecule has 90 valence electrons. The van der Waals surface area contributed by atoms with E-state index in [9.17, 15) is 0 Å². The summed E-state index contributed by atoms with van der Waals surface area (Å²) in [4.78, 5) is 0. The maximum absolute atomic E-state index is 6.10. The van der Waals surface area contributed by atoms with Crippen molar-refractivity contribution in [3.05, 3.63) is 33.8 Å². The van der Waals surface area contributed by atoms with Crippen molar-refractivity contribution in [2.45, 2.75) is 25.9 Å². The van der Waals surface area contributed by atoms with Gasteiger partial charge in [-0.15, -0.1) is 0 Å². The van der Waals surface area contributed by atoms with Crippen LogP contribution in [0.15, 0.2) is 18.2 Å². The fraction of sp³-hybridized carbons (Fsp3) is 0.500. The van der Waals surface area contributed by atoms with Gasteiger partial charge in [-0.05, 0) is 30.4 Å². The molecule has 1 unspecified atom stereocenters. The van der Waals surface area contributed by atoms with Crippen molar-refractivity contribution in [1.82, 2.24) is 5.32 Å². The zero-order valence-electron chi connectivity index (χ0n) is 9.59. The van der Waals surface area contributed by atoms with Crippen LogP contribution < -0.4 is 5.32 Å². The van der Waals surface area contributed by atoms with Gasteiger partial charge < -0.3 is 5.32 Å². The van der Waals surface area contributed by atoms with Gasteiger partial charge in [0.1, 0.15) is 0 Å². The maximum atomic E-state index is 6.10. The summed E-state index contributed by atoms with van der Waals surface area (Å²) >= 11 is 13.8. The first kappa shape index (κ1) is 14.2. The zero-order valence-corrected chi connectivity index (χ0v) is 11.9. The first-order valence-electron chi connectivity index (χ1n) is 5.33. The van der Waals surface area contributed by atoms with E-state index >= 15 is 0 Å². The van der Waals surface area contributed by atoms with Crippen molar-refractivity contribution >= 4 is 35.0 Å². The lowest BCUT2D eigenvalue weighted by Crippen LogP contribution is -2.30. The highest BCUT2D eigenvalue weighted by atomic mass is 35.5. The number of rotatable bonds is 6. The molecule has 1 rings (SSSR count). The lowest BCUT2D eigenvalue weighted by atomic mass is 10.2. The van der Waals surface area contributed by atoms with Crippen molar-refractivity contribution in [2.24, 2.45) is 0 Å². The van der Waals surface area contributed by atoms with E-state index in [1.54, 1.807) is 6.07 Å². The highest BCUT2D eigenvalue weighted by molar-refractivity contribution is 7.98. The lowest BCUT2D eigenvalue weighted by Gasteiger charge is -2.16. The molecule has 0 saturated carbocycles. The molecule has 0 aliphatic rings. The lowest BCUT2D eigenvalue weighted by molar-refractivity contribution is 0.541. The molecule has 1 atom stereocenters. The molecule has 0 heterocycles. The van der Waals surface area contributed by atoms with Crippen LogP contribution in [0.1, 0.15) is 18.9 Å². The van der Waals surface area contributed by atoms with E-state index < -0.39 is 0 Å². The minimum atomic E-state index is 0.543. The van der Waals surface area contributed by atoms with Crippen LogP contribution in [0.4, 0.5) is 0 Å². The van der Waals surface area contributed by atoms with Crippen molar-refractivity contribution < 1.29 is 0 Å². The van der Waals surface area contributed by atoms with Crippen molar-refractivity contribution in [3.63, 3.8) is 0 Å². The number of benzene rings is 1. The van der Waals surface area contributed by atoms with Crippen LogP contribution in [0.25, 0.3) is 0 Å². The second kappa shape index (κ2) is 7.44. The summed E-state index contributed by atoms with van der Waals surface area (Å²) in [5, 5.41) is 4.92. The normalized spacial score (nSPS) is 12.8. The van der Waals surface area contributed by atoms with Crippen molar-refractivity contribution in [3.8, 4) is 0 Å². The standard InChI is InChI=1S/C12H17Cl2NS/c1-3-11(8-16-2)15-7-9-4-5-10(13)6-12(9)14/h4-6,11,15H,3,7-8H2,1-2H3. The Morgan fingerprint density at radius 3 is 2.69 bits per heavy atom. The largest absolute Gasteiger partial charge is 0.309 e. The summed E-state index contributed by atoms with van der Waals surface area (Å²) in [6.45, 7) is 2.99. The molecule has 4 heteroatoms. The molecule has 1 aromatic rings. The van der Waals surface area contributed by atoms with Gasteiger partial charge in [-0.3, -0.25) is 0 Å². The highest BCUT2D eigenvalue weighted by Crippen LogP contribution is 2.21. The molecule has 16 heavy (non-hydrogen) atoms. The monoisotopic (exact) mass is 277 g/mol. The fourth-order valence-corrected chi connectivity index (χ4v) is 2.67. The summed E-state index contributed by atoms with van der Waals surface area (Å²) in [6, 6.07) is 6.18. The molecule has 0 spiro atoms. The quantitative estimate of drug-likeness (QED) is 0.836. The second-order valence-electron chi connectivity index (χ2n) is 3.68. The summed E-state index contributed by atoms with van der Waals surface area (Å²) in [7, 11) is 0. The second-order valence-corrected chi connectivity index (χ2v) is 5.43. The summed E-state index contributed by atoms with van der Waals surface area (Å²) in [6.07, 6.45) is 3.26. The molecule has 0 amide bonds. The number of hydrogen-bond donors (Lipinski definition) is 1. The van der Waals surface area contributed by atoms with Crippen LogP contribution in [0.3, 0.4) is 0 Å². The van der Waals surface area contributed by atoms with Crippen LogP contribution in [0.5, 0.6) is 0 Å². The average Bonchev–Trinajstić information content (AvgIpc) is 2.26. The van der Waals surface area contributed by atoms with E-state index in [2.05, 4.69) is 18.5 Å². The Labute approximate surface area is 112 Å². The Morgan fingerprint density at radius 2 is 2.12 bits per heavy atom. The van der Waals surface area contributed by atoms with Gasteiger partial charge in [0.15, 0.2) is 0 Å². The molecule has 0 radical (unpaired) electrons. The van der Waals surface area contributed by atoms with E-state index in [1.165, 1.54) is 0 Å². The zero-order chi connectivity index (χ0) is 12.0. The Bertz CT molecular complexity index is 331. The summed E-state index contributed by atoms with van der Waals surface area (Å²) in [5.41, 5.74) is 1.10. The third-order valence-electron chi connectivity index (χ3n) is 2.46. The van der Waals surface area contributed by atoms with Gasteiger partial charge in [0.25, 0.3) is 0 Å². The first-order valence-corrected chi connectivity index (χ1v) is 7.48. The molecule has 0 saturated heterocycles. The smallest absolute Gasteiger partial charge is 0.0465 e. The third-order valence-corrected chi connectivity index (χ3v) is 3.78. The fourth-order valence-electron chi connectivity index (χ4n) is 1.44. The van der Waals surface area contributed by atoms with Gasteiger partial charge in [0, 0.05) is 28.4 Å². The topological polar surface area (TPSA) is 12.0 Å². The van der Waals surface area contributed by atoms with Crippen LogP contribution in [-0.2, 0) is 6.54 Å². The van der Waals surface area contributed by atoms with Crippen molar-refractivity contribution in [1.29, 1.82) is 0 Å². The summed E-state index contributed by atoms with van der Waals surface area (Å²) in [5.74, 6) is 1.13. The number of nitrogens with one attached hydrogen (secondary N) is 1. The minimum absolute atomic E-state index is 0.543. The summed E-state index contributed by atoms with van der Waals surface area (Å²) < 4.78 is 0. The van der Waals surface area contributed by atoms with E-state index in [-0.39, 0.29) is 0 Å². The van der Waals surface area contributed by atoms with Gasteiger partial charge in [0.05, 0.1) is 0 Å². The molecule has 0 bridgehead atoms. The average molecular weight is 278 g/mol. The Morgan fingerprint density at radius 1 is 1.38 bits per heavy atom. The third kappa shape index (κ3) is 4.54. The predicted molar refractivity (Wildman–Crippen MR) is 75.8 cm³/mol. The van der Waals surface area contributed by atoms with Gasteiger partial charge >= 0.3 is 0 Å². The molecule has 0 fully saturated rings. The molecular weight excluding hydrogens is 261 g/mol. The van der Waals surface area contributed by atoms with Gasteiger partial charge in [-0.1, -0.05) is 36.2 Å². The van der Waals surface area contributed by atoms with E-state index in [1.807, 2.05) is 23.9 Å². The van der Waals surface area contributed by atoms with Gasteiger partial charge in [-0.25, -0.2) is 0 Å². The molecule has 0 aliphatic heterocycles. The number of halogens is 2. The molecule has 1 N–H and O–H groups in total. The molecule has 0 aromatic heterocycles. The molecule has 0 aliphatic carbocycles. The molecule has 1 aromatic carbocycles. The highest BCUT2D eigenvalue weighted by Gasteiger charge is 2.06. The maximum Gasteiger partial charge on any atom is 0.0465 e. The SMILES string of the molecule is CCC(CSC)NCc1ccc(Cl)cc1Cl. The number of thioether (sulfide) groups is 1. The van der Waals surface area contributed by atoms with E-state index in [4.69, 9.17) is 23.2 Å². The molecular formula is C12H17Cl2NS. The van der Waals surface area contributed by atoms with Crippen LogP contribution >= 0.6 is 35.0 Å². The van der Waals surface area contributed by atoms with E-state index in [0.717, 1.165) is 29.3 Å². The Balaban J connectivity index is 2.53.